The Morgan fingerprint density at radius 1 is 1.15 bits per heavy atom. The van der Waals surface area contributed by atoms with Crippen LogP contribution in [0.2, 0.25) is 0 Å². The molecule has 134 valence electrons. The first-order valence-corrected chi connectivity index (χ1v) is 9.30. The van der Waals surface area contributed by atoms with E-state index >= 15 is 0 Å². The molecule has 1 fully saturated rings. The minimum Gasteiger partial charge on any atom is -0.340 e. The van der Waals surface area contributed by atoms with Gasteiger partial charge < -0.3 is 5.32 Å². The highest BCUT2D eigenvalue weighted by molar-refractivity contribution is 5.60. The molecule has 1 aromatic carbocycles. The SMILES string of the molecule is C=C(Cc1nc2cccc(Nc3ccc(C(C)(C)C)cc3)n2n1)C1CC1. The lowest BCUT2D eigenvalue weighted by molar-refractivity contribution is 0.590. The summed E-state index contributed by atoms with van der Waals surface area (Å²) in [5, 5.41) is 8.16. The third-order valence-electron chi connectivity index (χ3n) is 4.97. The van der Waals surface area contributed by atoms with Gasteiger partial charge in [0.1, 0.15) is 5.82 Å². The zero-order chi connectivity index (χ0) is 18.3. The molecule has 3 aromatic rings. The van der Waals surface area contributed by atoms with Crippen LogP contribution in [0.4, 0.5) is 11.5 Å². The summed E-state index contributed by atoms with van der Waals surface area (Å²) in [7, 11) is 0. The van der Waals surface area contributed by atoms with Crippen molar-refractivity contribution in [3.05, 3.63) is 66.0 Å². The highest BCUT2D eigenvalue weighted by Gasteiger charge is 2.25. The summed E-state index contributed by atoms with van der Waals surface area (Å²) < 4.78 is 1.88. The number of nitrogens with zero attached hydrogens (tertiary/aromatic N) is 3. The lowest BCUT2D eigenvalue weighted by Gasteiger charge is -2.19. The lowest BCUT2D eigenvalue weighted by atomic mass is 9.87. The smallest absolute Gasteiger partial charge is 0.158 e. The molecule has 1 N–H and O–H groups in total. The molecule has 4 rings (SSSR count). The second-order valence-electron chi connectivity index (χ2n) is 8.27. The topological polar surface area (TPSA) is 42.2 Å². The third kappa shape index (κ3) is 3.50. The second-order valence-corrected chi connectivity index (χ2v) is 8.27. The van der Waals surface area contributed by atoms with Gasteiger partial charge >= 0.3 is 0 Å². The summed E-state index contributed by atoms with van der Waals surface area (Å²) in [6.45, 7) is 10.9. The number of nitrogens with one attached hydrogen (secondary N) is 1. The molecule has 0 radical (unpaired) electrons. The van der Waals surface area contributed by atoms with Crippen LogP contribution in [0.15, 0.2) is 54.6 Å². The Labute approximate surface area is 155 Å². The van der Waals surface area contributed by atoms with Crippen molar-refractivity contribution in [3.63, 3.8) is 0 Å². The van der Waals surface area contributed by atoms with Gasteiger partial charge in [0, 0.05) is 12.1 Å². The van der Waals surface area contributed by atoms with Gasteiger partial charge in [-0.1, -0.05) is 51.1 Å². The van der Waals surface area contributed by atoms with Crippen molar-refractivity contribution in [3.8, 4) is 0 Å². The summed E-state index contributed by atoms with van der Waals surface area (Å²) in [6, 6.07) is 14.6. The Balaban J connectivity index is 1.57. The van der Waals surface area contributed by atoms with Crippen LogP contribution in [0, 0.1) is 5.92 Å². The van der Waals surface area contributed by atoms with Crippen molar-refractivity contribution in [1.29, 1.82) is 0 Å². The van der Waals surface area contributed by atoms with Crippen molar-refractivity contribution in [1.82, 2.24) is 14.6 Å². The predicted octanol–water partition coefficient (Wildman–Crippen LogP) is 5.28. The molecule has 1 aliphatic rings. The molecule has 0 saturated heterocycles. The third-order valence-corrected chi connectivity index (χ3v) is 4.97. The molecule has 2 aromatic heterocycles. The molecule has 4 nitrogen and oxygen atoms in total. The summed E-state index contributed by atoms with van der Waals surface area (Å²) in [6.07, 6.45) is 3.30. The van der Waals surface area contributed by atoms with E-state index in [0.29, 0.717) is 5.92 Å². The summed E-state index contributed by atoms with van der Waals surface area (Å²) in [5.41, 5.74) is 4.64. The van der Waals surface area contributed by atoms with E-state index in [-0.39, 0.29) is 5.41 Å². The van der Waals surface area contributed by atoms with E-state index in [1.807, 2.05) is 22.7 Å². The molecule has 26 heavy (non-hydrogen) atoms. The molecule has 0 aliphatic heterocycles. The van der Waals surface area contributed by atoms with Gasteiger partial charge in [-0.05, 0) is 54.0 Å². The quantitative estimate of drug-likeness (QED) is 0.639. The average Bonchev–Trinajstić information content (AvgIpc) is 3.36. The van der Waals surface area contributed by atoms with E-state index in [1.54, 1.807) is 0 Å². The Morgan fingerprint density at radius 2 is 1.88 bits per heavy atom. The fourth-order valence-electron chi connectivity index (χ4n) is 3.16. The highest BCUT2D eigenvalue weighted by Crippen LogP contribution is 2.36. The molecule has 4 heteroatoms. The molecule has 1 aliphatic carbocycles. The molecule has 0 atom stereocenters. The number of aromatic nitrogens is 3. The summed E-state index contributed by atoms with van der Waals surface area (Å²) >= 11 is 0. The number of anilines is 2. The van der Waals surface area contributed by atoms with Crippen molar-refractivity contribution >= 4 is 17.2 Å². The number of benzene rings is 1. The van der Waals surface area contributed by atoms with E-state index in [9.17, 15) is 0 Å². The Morgan fingerprint density at radius 3 is 2.54 bits per heavy atom. The maximum Gasteiger partial charge on any atom is 0.158 e. The van der Waals surface area contributed by atoms with Crippen molar-refractivity contribution in [2.45, 2.75) is 45.4 Å². The van der Waals surface area contributed by atoms with Crippen LogP contribution in [-0.2, 0) is 11.8 Å². The number of allylic oxidation sites excluding steroid dienone is 1. The van der Waals surface area contributed by atoms with E-state index < -0.39 is 0 Å². The van der Waals surface area contributed by atoms with Crippen LogP contribution in [0.5, 0.6) is 0 Å². The molecule has 0 amide bonds. The number of hydrogen-bond donors (Lipinski definition) is 1. The first-order valence-electron chi connectivity index (χ1n) is 9.30. The fourth-order valence-corrected chi connectivity index (χ4v) is 3.16. The average molecular weight is 346 g/mol. The van der Waals surface area contributed by atoms with Gasteiger partial charge in [0.15, 0.2) is 11.5 Å². The van der Waals surface area contributed by atoms with Crippen LogP contribution in [-0.4, -0.2) is 14.6 Å². The van der Waals surface area contributed by atoms with Crippen molar-refractivity contribution < 1.29 is 0 Å². The maximum absolute atomic E-state index is 4.70. The molecule has 0 spiro atoms. The highest BCUT2D eigenvalue weighted by atomic mass is 15.3. The van der Waals surface area contributed by atoms with Gasteiger partial charge in [0.2, 0.25) is 0 Å². The standard InChI is InChI=1S/C22H26N4/c1-15(16-8-9-16)14-19-24-21-7-5-6-20(26(21)25-19)23-18-12-10-17(11-13-18)22(2,3)4/h5-7,10-13,16,23H,1,8-9,14H2,2-4H3. The molecular formula is C22H26N4. The zero-order valence-electron chi connectivity index (χ0n) is 15.8. The Bertz CT molecular complexity index is 940. The van der Waals surface area contributed by atoms with Crippen LogP contribution >= 0.6 is 0 Å². The second kappa shape index (κ2) is 6.27. The number of pyridine rings is 1. The lowest BCUT2D eigenvalue weighted by Crippen LogP contribution is -2.10. The maximum atomic E-state index is 4.70. The van der Waals surface area contributed by atoms with Crippen LogP contribution in [0.3, 0.4) is 0 Å². The van der Waals surface area contributed by atoms with Gasteiger partial charge in [-0.3, -0.25) is 0 Å². The van der Waals surface area contributed by atoms with Crippen molar-refractivity contribution in [2.75, 3.05) is 5.32 Å². The van der Waals surface area contributed by atoms with Crippen LogP contribution < -0.4 is 5.32 Å². The molecule has 0 unspecified atom stereocenters. The van der Waals surface area contributed by atoms with Crippen molar-refractivity contribution in [2.24, 2.45) is 5.92 Å². The van der Waals surface area contributed by atoms with Gasteiger partial charge in [-0.25, -0.2) is 4.98 Å². The minimum atomic E-state index is 0.156. The van der Waals surface area contributed by atoms with Gasteiger partial charge in [0.05, 0.1) is 0 Å². The zero-order valence-corrected chi connectivity index (χ0v) is 15.8. The molecule has 0 bridgehead atoms. The van der Waals surface area contributed by atoms with Gasteiger partial charge in [0.25, 0.3) is 0 Å². The number of fused-ring (bicyclic) bond motifs is 1. The van der Waals surface area contributed by atoms with Gasteiger partial charge in [-0.2, -0.15) is 4.52 Å². The minimum absolute atomic E-state index is 0.156. The number of rotatable bonds is 5. The molecular weight excluding hydrogens is 320 g/mol. The molecule has 2 heterocycles. The predicted molar refractivity (Wildman–Crippen MR) is 107 cm³/mol. The molecule has 1 saturated carbocycles. The van der Waals surface area contributed by atoms with E-state index in [1.165, 1.54) is 24.0 Å². The number of hydrogen-bond acceptors (Lipinski definition) is 3. The summed E-state index contributed by atoms with van der Waals surface area (Å²) in [4.78, 5) is 4.66. The van der Waals surface area contributed by atoms with Crippen LogP contribution in [0.25, 0.3) is 5.65 Å². The fraction of sp³-hybridized carbons (Fsp3) is 0.364. The summed E-state index contributed by atoms with van der Waals surface area (Å²) in [5.74, 6) is 2.45. The first-order chi connectivity index (χ1) is 12.4. The first kappa shape index (κ1) is 16.8. The van der Waals surface area contributed by atoms with E-state index in [2.05, 4.69) is 61.9 Å². The van der Waals surface area contributed by atoms with Crippen LogP contribution in [0.1, 0.15) is 45.0 Å². The largest absolute Gasteiger partial charge is 0.340 e. The Hall–Kier alpha value is -2.62. The monoisotopic (exact) mass is 346 g/mol. The van der Waals surface area contributed by atoms with E-state index in [0.717, 1.165) is 29.4 Å². The Kier molecular flexibility index (Phi) is 4.06. The normalized spacial score (nSPS) is 14.6. The van der Waals surface area contributed by atoms with E-state index in [4.69, 9.17) is 5.10 Å². The van der Waals surface area contributed by atoms with Gasteiger partial charge in [-0.15, -0.1) is 5.10 Å².